The number of nitrogens with zero attached hydrogens (tertiary/aromatic N) is 3. The molecule has 124 valence electrons. The van der Waals surface area contributed by atoms with Crippen LogP contribution in [0.4, 0.5) is 4.79 Å². The zero-order chi connectivity index (χ0) is 16.5. The standard InChI is InChI=1S/C15H25N3O4/c1-16(11-12-17(2)15(21)22)9-5-3-4-6-10-18-13(19)7-8-14(18)20/h7-8H,3-6,9-12H2,1-2H3,(H,21,22). The van der Waals surface area contributed by atoms with Crippen molar-refractivity contribution in [3.63, 3.8) is 0 Å². The van der Waals surface area contributed by atoms with Crippen molar-refractivity contribution in [1.29, 1.82) is 0 Å². The third kappa shape index (κ3) is 6.26. The third-order valence-corrected chi connectivity index (χ3v) is 3.72. The maximum atomic E-state index is 11.3. The predicted octanol–water partition coefficient (Wildman–Crippen LogP) is 1.01. The lowest BCUT2D eigenvalue weighted by atomic mass is 10.2. The predicted molar refractivity (Wildman–Crippen MR) is 82.5 cm³/mol. The second-order valence-electron chi connectivity index (χ2n) is 5.58. The molecule has 22 heavy (non-hydrogen) atoms. The first-order chi connectivity index (χ1) is 10.4. The molecule has 1 heterocycles. The van der Waals surface area contributed by atoms with Crippen LogP contribution in [0.5, 0.6) is 0 Å². The second kappa shape index (κ2) is 9.19. The van der Waals surface area contributed by atoms with Crippen molar-refractivity contribution >= 4 is 17.9 Å². The number of rotatable bonds is 10. The van der Waals surface area contributed by atoms with E-state index in [0.717, 1.165) is 32.2 Å². The van der Waals surface area contributed by atoms with Crippen molar-refractivity contribution in [1.82, 2.24) is 14.7 Å². The lowest BCUT2D eigenvalue weighted by Crippen LogP contribution is -2.34. The van der Waals surface area contributed by atoms with E-state index in [1.807, 2.05) is 7.05 Å². The molecular formula is C15H25N3O4. The van der Waals surface area contributed by atoms with Gasteiger partial charge in [0.05, 0.1) is 0 Å². The Morgan fingerprint density at radius 2 is 1.59 bits per heavy atom. The first-order valence-corrected chi connectivity index (χ1v) is 7.58. The zero-order valence-electron chi connectivity index (χ0n) is 13.3. The maximum absolute atomic E-state index is 11.3. The largest absolute Gasteiger partial charge is 0.465 e. The molecule has 0 aromatic heterocycles. The van der Waals surface area contributed by atoms with E-state index in [-0.39, 0.29) is 11.8 Å². The summed E-state index contributed by atoms with van der Waals surface area (Å²) in [5.74, 6) is -0.431. The van der Waals surface area contributed by atoms with Crippen LogP contribution in [0.3, 0.4) is 0 Å². The van der Waals surface area contributed by atoms with Crippen LogP contribution >= 0.6 is 0 Å². The van der Waals surface area contributed by atoms with Gasteiger partial charge in [-0.2, -0.15) is 0 Å². The van der Waals surface area contributed by atoms with Crippen LogP contribution in [0.1, 0.15) is 25.7 Å². The number of carbonyl (C=O) groups is 3. The van der Waals surface area contributed by atoms with Crippen LogP contribution in [0.2, 0.25) is 0 Å². The molecule has 0 unspecified atom stereocenters. The number of carboxylic acid groups (broad SMARTS) is 1. The number of hydrogen-bond donors (Lipinski definition) is 1. The number of hydrogen-bond acceptors (Lipinski definition) is 4. The van der Waals surface area contributed by atoms with Gasteiger partial charge < -0.3 is 14.9 Å². The molecular weight excluding hydrogens is 286 g/mol. The molecule has 1 aliphatic rings. The summed E-state index contributed by atoms with van der Waals surface area (Å²) in [5.41, 5.74) is 0. The van der Waals surface area contributed by atoms with Crippen LogP contribution in [0, 0.1) is 0 Å². The minimum absolute atomic E-state index is 0.215. The van der Waals surface area contributed by atoms with Crippen molar-refractivity contribution in [3.05, 3.63) is 12.2 Å². The molecule has 1 aliphatic heterocycles. The van der Waals surface area contributed by atoms with E-state index in [9.17, 15) is 14.4 Å². The van der Waals surface area contributed by atoms with E-state index in [4.69, 9.17) is 5.11 Å². The van der Waals surface area contributed by atoms with Gasteiger partial charge in [-0.1, -0.05) is 12.8 Å². The maximum Gasteiger partial charge on any atom is 0.407 e. The lowest BCUT2D eigenvalue weighted by Gasteiger charge is -2.20. The Morgan fingerprint density at radius 3 is 2.18 bits per heavy atom. The van der Waals surface area contributed by atoms with Gasteiger partial charge in [-0.15, -0.1) is 0 Å². The number of unbranched alkanes of at least 4 members (excludes halogenated alkanes) is 3. The van der Waals surface area contributed by atoms with Crippen molar-refractivity contribution in [2.45, 2.75) is 25.7 Å². The highest BCUT2D eigenvalue weighted by molar-refractivity contribution is 6.12. The Bertz CT molecular complexity index is 419. The first-order valence-electron chi connectivity index (χ1n) is 7.58. The van der Waals surface area contributed by atoms with E-state index in [1.165, 1.54) is 22.0 Å². The van der Waals surface area contributed by atoms with E-state index in [2.05, 4.69) is 4.90 Å². The average Bonchev–Trinajstić information content (AvgIpc) is 2.79. The molecule has 0 fully saturated rings. The van der Waals surface area contributed by atoms with Crippen LogP contribution in [0.25, 0.3) is 0 Å². The Morgan fingerprint density at radius 1 is 1.00 bits per heavy atom. The van der Waals surface area contributed by atoms with Gasteiger partial charge in [0, 0.05) is 38.8 Å². The molecule has 0 saturated carbocycles. The van der Waals surface area contributed by atoms with Gasteiger partial charge in [0.25, 0.3) is 11.8 Å². The fourth-order valence-corrected chi connectivity index (χ4v) is 2.18. The molecule has 0 aliphatic carbocycles. The monoisotopic (exact) mass is 311 g/mol. The normalized spacial score (nSPS) is 14.2. The molecule has 0 aromatic carbocycles. The molecule has 0 spiro atoms. The highest BCUT2D eigenvalue weighted by atomic mass is 16.4. The van der Waals surface area contributed by atoms with Crippen molar-refractivity contribution < 1.29 is 19.5 Å². The third-order valence-electron chi connectivity index (χ3n) is 3.72. The smallest absolute Gasteiger partial charge is 0.407 e. The molecule has 0 radical (unpaired) electrons. The summed E-state index contributed by atoms with van der Waals surface area (Å²) < 4.78 is 0. The first kappa shape index (κ1) is 18.2. The lowest BCUT2D eigenvalue weighted by molar-refractivity contribution is -0.136. The molecule has 1 rings (SSSR count). The molecule has 1 N–H and O–H groups in total. The zero-order valence-corrected chi connectivity index (χ0v) is 13.3. The van der Waals surface area contributed by atoms with Crippen molar-refractivity contribution in [3.8, 4) is 0 Å². The van der Waals surface area contributed by atoms with Crippen LogP contribution in [-0.4, -0.2) is 78.0 Å². The molecule has 0 aromatic rings. The number of carbonyl (C=O) groups excluding carboxylic acids is 2. The van der Waals surface area contributed by atoms with E-state index < -0.39 is 6.09 Å². The Kier molecular flexibility index (Phi) is 7.59. The van der Waals surface area contributed by atoms with Gasteiger partial charge in [-0.25, -0.2) is 4.79 Å². The van der Waals surface area contributed by atoms with Gasteiger partial charge in [0.1, 0.15) is 0 Å². The SMILES string of the molecule is CN(CCCCCCN1C(=O)C=CC1=O)CCN(C)C(=O)O. The van der Waals surface area contributed by atoms with Crippen LogP contribution in [0.15, 0.2) is 12.2 Å². The molecule has 7 nitrogen and oxygen atoms in total. The topological polar surface area (TPSA) is 81.2 Å². The minimum Gasteiger partial charge on any atom is -0.465 e. The molecule has 0 atom stereocenters. The van der Waals surface area contributed by atoms with E-state index in [0.29, 0.717) is 19.6 Å². The molecule has 7 heteroatoms. The van der Waals surface area contributed by atoms with Gasteiger partial charge >= 0.3 is 6.09 Å². The summed E-state index contributed by atoms with van der Waals surface area (Å²) in [4.78, 5) is 38.0. The Balaban J connectivity index is 2.00. The number of likely N-dealkylation sites (N-methyl/N-ethyl adjacent to an activating group) is 2. The van der Waals surface area contributed by atoms with Gasteiger partial charge in [0.2, 0.25) is 0 Å². The fourth-order valence-electron chi connectivity index (χ4n) is 2.18. The summed E-state index contributed by atoms with van der Waals surface area (Å²) in [7, 11) is 3.54. The van der Waals surface area contributed by atoms with Crippen molar-refractivity contribution in [2.24, 2.45) is 0 Å². The quantitative estimate of drug-likeness (QED) is 0.481. The van der Waals surface area contributed by atoms with Gasteiger partial charge in [-0.3, -0.25) is 14.5 Å². The van der Waals surface area contributed by atoms with E-state index in [1.54, 1.807) is 7.05 Å². The molecule has 0 saturated heterocycles. The summed E-state index contributed by atoms with van der Waals surface area (Å²) in [6.07, 6.45) is 5.56. The van der Waals surface area contributed by atoms with Gasteiger partial charge in [-0.05, 0) is 26.4 Å². The minimum atomic E-state index is -0.908. The second-order valence-corrected chi connectivity index (χ2v) is 5.58. The molecule has 0 bridgehead atoms. The van der Waals surface area contributed by atoms with E-state index >= 15 is 0 Å². The molecule has 3 amide bonds. The summed E-state index contributed by atoms with van der Waals surface area (Å²) in [5, 5.41) is 8.75. The summed E-state index contributed by atoms with van der Waals surface area (Å²) in [6.45, 7) is 2.61. The number of amides is 3. The highest BCUT2D eigenvalue weighted by Gasteiger charge is 2.22. The Hall–Kier alpha value is -1.89. The highest BCUT2D eigenvalue weighted by Crippen LogP contribution is 2.07. The fraction of sp³-hybridized carbons (Fsp3) is 0.667. The summed E-state index contributed by atoms with van der Waals surface area (Å²) in [6, 6.07) is 0. The average molecular weight is 311 g/mol. The number of imide groups is 1. The van der Waals surface area contributed by atoms with Crippen LogP contribution < -0.4 is 0 Å². The van der Waals surface area contributed by atoms with Crippen LogP contribution in [-0.2, 0) is 9.59 Å². The van der Waals surface area contributed by atoms with Crippen molar-refractivity contribution in [2.75, 3.05) is 40.3 Å². The van der Waals surface area contributed by atoms with Gasteiger partial charge in [0.15, 0.2) is 0 Å². The summed E-state index contributed by atoms with van der Waals surface area (Å²) >= 11 is 0. The Labute approximate surface area is 131 Å².